The molecule has 26 heavy (non-hydrogen) atoms. The summed E-state index contributed by atoms with van der Waals surface area (Å²) in [4.78, 5) is 21.1. The molecule has 1 saturated heterocycles. The van der Waals surface area contributed by atoms with Gasteiger partial charge in [0, 0.05) is 32.4 Å². The first-order valence-corrected chi connectivity index (χ1v) is 9.12. The van der Waals surface area contributed by atoms with E-state index in [9.17, 15) is 4.79 Å². The van der Waals surface area contributed by atoms with Gasteiger partial charge < -0.3 is 14.5 Å². The zero-order valence-corrected chi connectivity index (χ0v) is 15.8. The lowest BCUT2D eigenvalue weighted by molar-refractivity contribution is -0.130. The minimum Gasteiger partial charge on any atom is -0.488 e. The number of pyridine rings is 1. The van der Waals surface area contributed by atoms with Gasteiger partial charge in [0.25, 0.3) is 0 Å². The van der Waals surface area contributed by atoms with Crippen LogP contribution in [0, 0.1) is 0 Å². The second-order valence-electron chi connectivity index (χ2n) is 7.59. The predicted molar refractivity (Wildman–Crippen MR) is 104 cm³/mol. The highest BCUT2D eigenvalue weighted by Crippen LogP contribution is 2.19. The van der Waals surface area contributed by atoms with E-state index in [1.54, 1.807) is 6.20 Å². The first-order valence-electron chi connectivity index (χ1n) is 9.12. The lowest BCUT2D eigenvalue weighted by atomic mass is 10.1. The highest BCUT2D eigenvalue weighted by Gasteiger charge is 2.22. The number of aromatic nitrogens is 1. The van der Waals surface area contributed by atoms with E-state index in [1.807, 2.05) is 68.1 Å². The highest BCUT2D eigenvalue weighted by molar-refractivity contribution is 5.79. The average Bonchev–Trinajstić information content (AvgIpc) is 2.63. The van der Waals surface area contributed by atoms with E-state index in [2.05, 4.69) is 9.88 Å². The minimum absolute atomic E-state index is 0.176. The molecule has 0 N–H and O–H groups in total. The van der Waals surface area contributed by atoms with Gasteiger partial charge in [0.05, 0.1) is 6.42 Å². The van der Waals surface area contributed by atoms with Crippen LogP contribution in [0.5, 0.6) is 5.75 Å². The molecule has 5 heteroatoms. The van der Waals surface area contributed by atoms with E-state index in [0.717, 1.165) is 43.3 Å². The molecule has 3 rings (SSSR count). The van der Waals surface area contributed by atoms with Crippen molar-refractivity contribution in [3.05, 3.63) is 54.2 Å². The van der Waals surface area contributed by atoms with Crippen LogP contribution in [0.3, 0.4) is 0 Å². The van der Waals surface area contributed by atoms with Gasteiger partial charge >= 0.3 is 0 Å². The van der Waals surface area contributed by atoms with Crippen LogP contribution < -0.4 is 9.64 Å². The van der Waals surface area contributed by atoms with Crippen LogP contribution in [-0.4, -0.2) is 47.6 Å². The standard InChI is InChI=1S/C21H27N3O2/c1-21(2,3)26-18-9-7-17(8-10-18)16-20(25)24-14-12-23(13-15-24)19-6-4-5-11-22-19/h4-11H,12-16H2,1-3H3. The molecule has 0 aliphatic carbocycles. The Morgan fingerprint density at radius 2 is 1.73 bits per heavy atom. The fourth-order valence-corrected chi connectivity index (χ4v) is 3.04. The van der Waals surface area contributed by atoms with Gasteiger partial charge in [-0.3, -0.25) is 4.79 Å². The third kappa shape index (κ3) is 4.97. The average molecular weight is 353 g/mol. The molecule has 1 aliphatic rings. The third-order valence-electron chi connectivity index (χ3n) is 4.31. The quantitative estimate of drug-likeness (QED) is 0.847. The molecule has 1 aromatic carbocycles. The van der Waals surface area contributed by atoms with Gasteiger partial charge in [0.2, 0.25) is 5.91 Å². The Labute approximate surface area is 155 Å². The van der Waals surface area contributed by atoms with Crippen LogP contribution in [0.4, 0.5) is 5.82 Å². The van der Waals surface area contributed by atoms with Crippen LogP contribution in [-0.2, 0) is 11.2 Å². The van der Waals surface area contributed by atoms with Gasteiger partial charge in [0.15, 0.2) is 0 Å². The monoisotopic (exact) mass is 353 g/mol. The number of nitrogens with zero attached hydrogens (tertiary/aromatic N) is 3. The van der Waals surface area contributed by atoms with Crippen LogP contribution >= 0.6 is 0 Å². The van der Waals surface area contributed by atoms with Gasteiger partial charge in [0.1, 0.15) is 17.2 Å². The van der Waals surface area contributed by atoms with Crippen LogP contribution in [0.25, 0.3) is 0 Å². The molecular formula is C21H27N3O2. The summed E-state index contributed by atoms with van der Waals surface area (Å²) in [6.45, 7) is 9.18. The maximum Gasteiger partial charge on any atom is 0.227 e. The second kappa shape index (κ2) is 7.77. The van der Waals surface area contributed by atoms with Crippen molar-refractivity contribution in [1.29, 1.82) is 0 Å². The number of carbonyl (C=O) groups is 1. The number of anilines is 1. The molecular weight excluding hydrogens is 326 g/mol. The number of carbonyl (C=O) groups excluding carboxylic acids is 1. The van der Waals surface area contributed by atoms with E-state index in [-0.39, 0.29) is 11.5 Å². The summed E-state index contributed by atoms with van der Waals surface area (Å²) >= 11 is 0. The van der Waals surface area contributed by atoms with E-state index in [4.69, 9.17) is 4.74 Å². The molecule has 1 amide bonds. The van der Waals surface area contributed by atoms with Crippen LogP contribution in [0.15, 0.2) is 48.7 Å². The Morgan fingerprint density at radius 3 is 2.31 bits per heavy atom. The molecule has 0 bridgehead atoms. The molecule has 0 saturated carbocycles. The van der Waals surface area contributed by atoms with E-state index in [0.29, 0.717) is 6.42 Å². The topological polar surface area (TPSA) is 45.7 Å². The smallest absolute Gasteiger partial charge is 0.227 e. The third-order valence-corrected chi connectivity index (χ3v) is 4.31. The normalized spacial score (nSPS) is 15.0. The molecule has 1 aliphatic heterocycles. The van der Waals surface area contributed by atoms with Gasteiger partial charge in [-0.1, -0.05) is 18.2 Å². The summed E-state index contributed by atoms with van der Waals surface area (Å²) < 4.78 is 5.83. The summed E-state index contributed by atoms with van der Waals surface area (Å²) in [7, 11) is 0. The summed E-state index contributed by atoms with van der Waals surface area (Å²) in [6.07, 6.45) is 2.24. The largest absolute Gasteiger partial charge is 0.488 e. The van der Waals surface area contributed by atoms with Crippen molar-refractivity contribution in [1.82, 2.24) is 9.88 Å². The molecule has 5 nitrogen and oxygen atoms in total. The Hall–Kier alpha value is -2.56. The molecule has 0 radical (unpaired) electrons. The molecule has 0 unspecified atom stereocenters. The van der Waals surface area contributed by atoms with Crippen molar-refractivity contribution in [3.63, 3.8) is 0 Å². The number of ether oxygens (including phenoxy) is 1. The lowest BCUT2D eigenvalue weighted by Crippen LogP contribution is -2.49. The molecule has 2 heterocycles. The van der Waals surface area contributed by atoms with Crippen molar-refractivity contribution in [3.8, 4) is 5.75 Å². The zero-order valence-electron chi connectivity index (χ0n) is 15.8. The number of hydrogen-bond donors (Lipinski definition) is 0. The molecule has 1 fully saturated rings. The fourth-order valence-electron chi connectivity index (χ4n) is 3.04. The number of rotatable bonds is 4. The Kier molecular flexibility index (Phi) is 5.45. The molecule has 2 aromatic rings. The van der Waals surface area contributed by atoms with Gasteiger partial charge in [-0.05, 0) is 50.6 Å². The first-order chi connectivity index (χ1) is 12.4. The number of amides is 1. The zero-order chi connectivity index (χ0) is 18.6. The summed E-state index contributed by atoms with van der Waals surface area (Å²) in [5.41, 5.74) is 0.799. The summed E-state index contributed by atoms with van der Waals surface area (Å²) in [5.74, 6) is 1.99. The minimum atomic E-state index is -0.218. The Balaban J connectivity index is 1.51. The first kappa shape index (κ1) is 18.2. The lowest BCUT2D eigenvalue weighted by Gasteiger charge is -2.35. The highest BCUT2D eigenvalue weighted by atomic mass is 16.5. The molecule has 138 valence electrons. The second-order valence-corrected chi connectivity index (χ2v) is 7.59. The maximum absolute atomic E-state index is 12.6. The van der Waals surface area contributed by atoms with E-state index < -0.39 is 0 Å². The number of benzene rings is 1. The van der Waals surface area contributed by atoms with Gasteiger partial charge in [-0.25, -0.2) is 4.98 Å². The number of hydrogen-bond acceptors (Lipinski definition) is 4. The predicted octanol–water partition coefficient (Wildman–Crippen LogP) is 3.15. The van der Waals surface area contributed by atoms with Crippen molar-refractivity contribution in [2.75, 3.05) is 31.1 Å². The summed E-state index contributed by atoms with van der Waals surface area (Å²) in [5, 5.41) is 0. The van der Waals surface area contributed by atoms with Crippen LogP contribution in [0.1, 0.15) is 26.3 Å². The Morgan fingerprint density at radius 1 is 1.04 bits per heavy atom. The summed E-state index contributed by atoms with van der Waals surface area (Å²) in [6, 6.07) is 13.7. The van der Waals surface area contributed by atoms with E-state index >= 15 is 0 Å². The Bertz CT molecular complexity index is 715. The maximum atomic E-state index is 12.6. The van der Waals surface area contributed by atoms with Crippen molar-refractivity contribution >= 4 is 11.7 Å². The molecule has 1 aromatic heterocycles. The fraction of sp³-hybridized carbons (Fsp3) is 0.429. The van der Waals surface area contributed by atoms with Gasteiger partial charge in [-0.15, -0.1) is 0 Å². The number of piperazine rings is 1. The van der Waals surface area contributed by atoms with Crippen molar-refractivity contribution < 1.29 is 9.53 Å². The van der Waals surface area contributed by atoms with E-state index in [1.165, 1.54) is 0 Å². The van der Waals surface area contributed by atoms with Crippen molar-refractivity contribution in [2.45, 2.75) is 32.8 Å². The molecule has 0 atom stereocenters. The van der Waals surface area contributed by atoms with Crippen LogP contribution in [0.2, 0.25) is 0 Å². The van der Waals surface area contributed by atoms with Gasteiger partial charge in [-0.2, -0.15) is 0 Å². The molecule has 0 spiro atoms. The van der Waals surface area contributed by atoms with Crippen molar-refractivity contribution in [2.24, 2.45) is 0 Å². The SMILES string of the molecule is CC(C)(C)Oc1ccc(CC(=O)N2CCN(c3ccccn3)CC2)cc1.